The Morgan fingerprint density at radius 2 is 1.21 bits per heavy atom. The molecule has 1 atom stereocenters. The van der Waals surface area contributed by atoms with Gasteiger partial charge in [0.1, 0.15) is 12.9 Å². The van der Waals surface area contributed by atoms with E-state index in [1.165, 1.54) is 0 Å². The molecule has 0 aliphatic carbocycles. The Hall–Kier alpha value is -3.42. The number of hydrogen-bond acceptors (Lipinski definition) is 3. The Morgan fingerprint density at radius 1 is 0.727 bits per heavy atom. The van der Waals surface area contributed by atoms with Crippen LogP contribution in [0.5, 0.6) is 5.75 Å². The van der Waals surface area contributed by atoms with Crippen molar-refractivity contribution in [3.05, 3.63) is 126 Å². The Kier molecular flexibility index (Phi) is 7.22. The van der Waals surface area contributed by atoms with Crippen LogP contribution in [-0.4, -0.2) is 19.1 Å². The van der Waals surface area contributed by atoms with Crippen LogP contribution in [0, 0.1) is 5.92 Å². The van der Waals surface area contributed by atoms with Gasteiger partial charge in [-0.2, -0.15) is 0 Å². The first-order valence-electron chi connectivity index (χ1n) is 11.0. The van der Waals surface area contributed by atoms with Crippen molar-refractivity contribution in [2.45, 2.75) is 6.42 Å². The molecule has 166 valence electrons. The highest BCUT2D eigenvalue weighted by Crippen LogP contribution is 2.46. The first-order chi connectivity index (χ1) is 16.1. The second-order valence-electron chi connectivity index (χ2n) is 8.07. The highest BCUT2D eigenvalue weighted by atomic mass is 31.2. The van der Waals surface area contributed by atoms with E-state index in [2.05, 4.69) is 0 Å². The van der Waals surface area contributed by atoms with Gasteiger partial charge in [0.05, 0.1) is 7.11 Å². The Bertz CT molecular complexity index is 1180. The van der Waals surface area contributed by atoms with Gasteiger partial charge in [-0.05, 0) is 24.1 Å². The van der Waals surface area contributed by atoms with Crippen LogP contribution in [0.2, 0.25) is 0 Å². The molecule has 4 aromatic rings. The molecule has 0 aliphatic heterocycles. The van der Waals surface area contributed by atoms with Crippen molar-refractivity contribution in [3.63, 3.8) is 0 Å². The first-order valence-corrected chi connectivity index (χ1v) is 12.9. The second kappa shape index (κ2) is 10.5. The van der Waals surface area contributed by atoms with Gasteiger partial charge in [0, 0.05) is 28.3 Å². The van der Waals surface area contributed by atoms with Gasteiger partial charge in [-0.1, -0.05) is 103 Å². The Balaban J connectivity index is 1.75. The molecule has 33 heavy (non-hydrogen) atoms. The molecule has 0 radical (unpaired) electrons. The van der Waals surface area contributed by atoms with Crippen LogP contribution in [0.3, 0.4) is 0 Å². The monoisotopic (exact) mass is 454 g/mol. The van der Waals surface area contributed by atoms with Crippen LogP contribution in [0.25, 0.3) is 0 Å². The molecule has 0 fully saturated rings. The van der Waals surface area contributed by atoms with Gasteiger partial charge in [0.15, 0.2) is 5.78 Å². The van der Waals surface area contributed by atoms with Gasteiger partial charge in [-0.3, -0.25) is 4.79 Å². The summed E-state index contributed by atoms with van der Waals surface area (Å²) in [6.45, 7) is 0. The molecule has 0 heterocycles. The zero-order valence-corrected chi connectivity index (χ0v) is 19.5. The number of ether oxygens (including phenoxy) is 1. The van der Waals surface area contributed by atoms with Crippen LogP contribution in [-0.2, 0) is 11.0 Å². The molecule has 0 aromatic heterocycles. The van der Waals surface area contributed by atoms with E-state index in [1.807, 2.05) is 115 Å². The second-order valence-corrected chi connectivity index (χ2v) is 11.0. The van der Waals surface area contributed by atoms with Crippen molar-refractivity contribution < 1.29 is 14.1 Å². The molecule has 3 nitrogen and oxygen atoms in total. The topological polar surface area (TPSA) is 43.4 Å². The van der Waals surface area contributed by atoms with E-state index < -0.39 is 13.1 Å². The summed E-state index contributed by atoms with van der Waals surface area (Å²) in [5, 5.41) is 1.55. The number of Topliss-reactive ketones (excluding diaryl/α,β-unsaturated/α-hetero) is 1. The van der Waals surface area contributed by atoms with E-state index >= 15 is 0 Å². The molecule has 0 amide bonds. The molecule has 0 spiro atoms. The lowest BCUT2D eigenvalue weighted by atomic mass is 9.92. The highest BCUT2D eigenvalue weighted by molar-refractivity contribution is 7.78. The summed E-state index contributed by atoms with van der Waals surface area (Å²) in [6.07, 6.45) is 0.766. The normalized spacial score (nSPS) is 12.2. The van der Waals surface area contributed by atoms with Crippen molar-refractivity contribution in [3.8, 4) is 5.75 Å². The van der Waals surface area contributed by atoms with Gasteiger partial charge in [0.25, 0.3) is 0 Å². The minimum absolute atomic E-state index is 0.0125. The van der Waals surface area contributed by atoms with E-state index in [-0.39, 0.29) is 11.9 Å². The summed E-state index contributed by atoms with van der Waals surface area (Å²) < 4.78 is 20.0. The lowest BCUT2D eigenvalue weighted by molar-refractivity contribution is 0.0931. The van der Waals surface area contributed by atoms with Gasteiger partial charge in [-0.15, -0.1) is 0 Å². The molecule has 0 saturated carbocycles. The highest BCUT2D eigenvalue weighted by Gasteiger charge is 2.34. The molecule has 0 N–H and O–H groups in total. The third kappa shape index (κ3) is 5.32. The van der Waals surface area contributed by atoms with Gasteiger partial charge in [-0.25, -0.2) is 0 Å². The minimum atomic E-state index is -3.05. The minimum Gasteiger partial charge on any atom is -0.497 e. The first kappa shape index (κ1) is 22.8. The SMILES string of the molecule is COc1ccc(CC(CP(=O)(c2ccccc2)c2ccccc2)C(=O)c2ccccc2)cc1. The van der Waals surface area contributed by atoms with Crippen molar-refractivity contribution in [2.24, 2.45) is 5.92 Å². The summed E-state index contributed by atoms with van der Waals surface area (Å²) in [5.74, 6) is 0.342. The average Bonchev–Trinajstić information content (AvgIpc) is 2.89. The summed E-state index contributed by atoms with van der Waals surface area (Å²) >= 11 is 0. The Morgan fingerprint density at radius 3 is 1.70 bits per heavy atom. The predicted octanol–water partition coefficient (Wildman–Crippen LogP) is 5.75. The predicted molar refractivity (Wildman–Crippen MR) is 136 cm³/mol. The van der Waals surface area contributed by atoms with Crippen LogP contribution in [0.1, 0.15) is 15.9 Å². The maximum atomic E-state index is 14.7. The van der Waals surface area contributed by atoms with Crippen molar-refractivity contribution in [1.82, 2.24) is 0 Å². The fourth-order valence-corrected chi connectivity index (χ4v) is 7.08. The van der Waals surface area contributed by atoms with E-state index in [9.17, 15) is 9.36 Å². The van der Waals surface area contributed by atoms with Gasteiger partial charge >= 0.3 is 0 Å². The smallest absolute Gasteiger partial charge is 0.166 e. The van der Waals surface area contributed by atoms with Crippen LogP contribution in [0.15, 0.2) is 115 Å². The summed E-state index contributed by atoms with van der Waals surface area (Å²) in [6, 6.07) is 36.1. The van der Waals surface area contributed by atoms with Crippen molar-refractivity contribution in [2.75, 3.05) is 13.3 Å². The number of rotatable bonds is 9. The third-order valence-corrected chi connectivity index (χ3v) is 9.11. The fourth-order valence-electron chi connectivity index (χ4n) is 4.13. The summed E-state index contributed by atoms with van der Waals surface area (Å²) in [5.41, 5.74) is 1.65. The molecular formula is C29H27O3P. The molecular weight excluding hydrogens is 427 g/mol. The molecule has 0 bridgehead atoms. The lowest BCUT2D eigenvalue weighted by Gasteiger charge is -2.25. The number of benzene rings is 4. The maximum Gasteiger partial charge on any atom is 0.166 e. The molecule has 4 aromatic carbocycles. The van der Waals surface area contributed by atoms with E-state index in [1.54, 1.807) is 7.11 Å². The number of carbonyl (C=O) groups is 1. The average molecular weight is 455 g/mol. The molecule has 4 heteroatoms. The molecule has 0 saturated heterocycles. The van der Waals surface area contributed by atoms with E-state index in [0.29, 0.717) is 12.0 Å². The number of carbonyl (C=O) groups excluding carboxylic acids is 1. The third-order valence-electron chi connectivity index (χ3n) is 5.89. The zero-order chi connectivity index (χ0) is 23.1. The maximum absolute atomic E-state index is 14.7. The molecule has 0 aliphatic rings. The number of hydrogen-bond donors (Lipinski definition) is 0. The van der Waals surface area contributed by atoms with Crippen molar-refractivity contribution in [1.29, 1.82) is 0 Å². The number of methoxy groups -OCH3 is 1. The Labute approximate surface area is 195 Å². The largest absolute Gasteiger partial charge is 0.497 e. The standard InChI is InChI=1S/C29H27O3P/c1-32-26-19-17-23(18-20-26)21-25(29(30)24-11-5-2-6-12-24)22-33(31,27-13-7-3-8-14-27)28-15-9-4-10-16-28/h2-20,25H,21-22H2,1H3. The van der Waals surface area contributed by atoms with Gasteiger partial charge < -0.3 is 9.30 Å². The molecule has 1 unspecified atom stereocenters. The van der Waals surface area contributed by atoms with Crippen molar-refractivity contribution >= 4 is 23.5 Å². The van der Waals surface area contributed by atoms with Gasteiger partial charge in [0.2, 0.25) is 0 Å². The number of ketones is 1. The zero-order valence-electron chi connectivity index (χ0n) is 18.6. The van der Waals surface area contributed by atoms with E-state index in [4.69, 9.17) is 4.74 Å². The summed E-state index contributed by atoms with van der Waals surface area (Å²) in [7, 11) is -1.42. The fraction of sp³-hybridized carbons (Fsp3) is 0.138. The van der Waals surface area contributed by atoms with Crippen LogP contribution >= 0.6 is 7.14 Å². The molecule has 4 rings (SSSR count). The van der Waals surface area contributed by atoms with E-state index in [0.717, 1.165) is 21.9 Å². The van der Waals surface area contributed by atoms with Crippen LogP contribution < -0.4 is 15.3 Å². The lowest BCUT2D eigenvalue weighted by Crippen LogP contribution is -2.28. The quantitative estimate of drug-likeness (QED) is 0.239. The van der Waals surface area contributed by atoms with Crippen LogP contribution in [0.4, 0.5) is 0 Å². The summed E-state index contributed by atoms with van der Waals surface area (Å²) in [4.78, 5) is 13.7.